The number of hydrogen-bond acceptors (Lipinski definition) is 2. The van der Waals surface area contributed by atoms with Gasteiger partial charge in [-0.15, -0.1) is 0 Å². The van der Waals surface area contributed by atoms with E-state index in [1.165, 1.54) is 66.1 Å². The van der Waals surface area contributed by atoms with Crippen LogP contribution in [0.15, 0.2) is 176 Å². The standard InChI is InChI=1S/C49H29BN2O/c51-30-31-16-18-35(19-17-31)39-28-45-48-47(29-39)53-46-23-21-37(33-12-6-2-7-13-33)26-42(46)50(48)43-27-38(34-14-8-3-9-15-34)25-41-40-24-36(32-10-4-1-5-11-32)20-22-44(40)52(45)49(41)43/h1-29H. The number of benzene rings is 8. The summed E-state index contributed by atoms with van der Waals surface area (Å²) < 4.78 is 9.42. The van der Waals surface area contributed by atoms with Crippen molar-refractivity contribution in [2.75, 3.05) is 0 Å². The van der Waals surface area contributed by atoms with Gasteiger partial charge in [0.1, 0.15) is 11.5 Å². The monoisotopic (exact) mass is 672 g/mol. The Morgan fingerprint density at radius 1 is 0.453 bits per heavy atom. The highest BCUT2D eigenvalue weighted by Gasteiger charge is 2.41. The SMILES string of the molecule is N#Cc1ccc(-c2cc3c4c(c2)-n2c5ccc(-c6ccccc6)cc5c5cc(-c6ccccc6)cc(c52)B4c2cc(-c4ccccc4)ccc2O3)cc1. The maximum absolute atomic E-state index is 9.53. The molecule has 0 spiro atoms. The van der Waals surface area contributed by atoms with E-state index in [1.807, 2.05) is 24.3 Å². The van der Waals surface area contributed by atoms with Crippen molar-refractivity contribution in [1.82, 2.24) is 4.57 Å². The topological polar surface area (TPSA) is 38.0 Å². The molecule has 0 atom stereocenters. The van der Waals surface area contributed by atoms with E-state index in [-0.39, 0.29) is 6.71 Å². The summed E-state index contributed by atoms with van der Waals surface area (Å²) in [6.07, 6.45) is 0. The summed E-state index contributed by atoms with van der Waals surface area (Å²) in [4.78, 5) is 0. The zero-order valence-electron chi connectivity index (χ0n) is 28.6. The van der Waals surface area contributed by atoms with Gasteiger partial charge in [0.15, 0.2) is 0 Å². The van der Waals surface area contributed by atoms with Crippen LogP contribution in [0, 0.1) is 11.3 Å². The van der Waals surface area contributed by atoms with Gasteiger partial charge in [0.25, 0.3) is 6.71 Å². The van der Waals surface area contributed by atoms with Crippen LogP contribution in [0.3, 0.4) is 0 Å². The van der Waals surface area contributed by atoms with Crippen molar-refractivity contribution in [2.24, 2.45) is 0 Å². The van der Waals surface area contributed by atoms with Crippen LogP contribution < -0.4 is 21.1 Å². The third-order valence-electron chi connectivity index (χ3n) is 11.1. The molecule has 2 aliphatic rings. The van der Waals surface area contributed by atoms with Crippen molar-refractivity contribution in [1.29, 1.82) is 5.26 Å². The highest BCUT2D eigenvalue weighted by Crippen LogP contribution is 2.42. The van der Waals surface area contributed by atoms with E-state index in [0.29, 0.717) is 5.56 Å². The van der Waals surface area contributed by atoms with Crippen LogP contribution in [0.2, 0.25) is 0 Å². The van der Waals surface area contributed by atoms with Crippen LogP contribution in [-0.2, 0) is 0 Å². The molecule has 4 heteroatoms. The Kier molecular flexibility index (Phi) is 6.41. The van der Waals surface area contributed by atoms with Gasteiger partial charge < -0.3 is 9.30 Å². The molecule has 0 bridgehead atoms. The van der Waals surface area contributed by atoms with E-state index >= 15 is 0 Å². The molecule has 0 unspecified atom stereocenters. The third kappa shape index (κ3) is 4.54. The first-order valence-corrected chi connectivity index (χ1v) is 18.0. The Morgan fingerprint density at radius 2 is 1.00 bits per heavy atom. The number of nitriles is 1. The maximum Gasteiger partial charge on any atom is 0.256 e. The van der Waals surface area contributed by atoms with E-state index < -0.39 is 0 Å². The Balaban J connectivity index is 1.26. The predicted molar refractivity (Wildman–Crippen MR) is 218 cm³/mol. The average Bonchev–Trinajstić information content (AvgIpc) is 3.57. The van der Waals surface area contributed by atoms with Crippen molar-refractivity contribution in [2.45, 2.75) is 0 Å². The van der Waals surface area contributed by atoms with Crippen molar-refractivity contribution < 1.29 is 4.74 Å². The Hall–Kier alpha value is -7.09. The first-order valence-electron chi connectivity index (χ1n) is 18.0. The molecule has 0 amide bonds. The fourth-order valence-corrected chi connectivity index (χ4v) is 8.61. The summed E-state index contributed by atoms with van der Waals surface area (Å²) in [5.74, 6) is 1.73. The van der Waals surface area contributed by atoms with Gasteiger partial charge in [-0.3, -0.25) is 0 Å². The van der Waals surface area contributed by atoms with Crippen LogP contribution in [0.25, 0.3) is 72.0 Å². The molecule has 0 saturated heterocycles. The molecule has 0 fully saturated rings. The maximum atomic E-state index is 9.53. The summed E-state index contributed by atoms with van der Waals surface area (Å²) in [6.45, 7) is -0.0565. The second-order valence-electron chi connectivity index (χ2n) is 14.0. The van der Waals surface area contributed by atoms with Gasteiger partial charge in [-0.2, -0.15) is 5.26 Å². The largest absolute Gasteiger partial charge is 0.458 e. The van der Waals surface area contributed by atoms with Gasteiger partial charge in [-0.05, 0) is 109 Å². The molecule has 53 heavy (non-hydrogen) atoms. The molecule has 0 saturated carbocycles. The molecule has 3 nitrogen and oxygen atoms in total. The second kappa shape index (κ2) is 11.5. The van der Waals surface area contributed by atoms with E-state index in [2.05, 4.69) is 162 Å². The van der Waals surface area contributed by atoms with Gasteiger partial charge in [-0.25, -0.2) is 0 Å². The number of ether oxygens (including phenoxy) is 1. The van der Waals surface area contributed by atoms with Crippen LogP contribution in [0.4, 0.5) is 0 Å². The third-order valence-corrected chi connectivity index (χ3v) is 11.1. The number of fused-ring (bicyclic) bond motifs is 7. The lowest BCUT2D eigenvalue weighted by Gasteiger charge is -2.34. The van der Waals surface area contributed by atoms with E-state index in [4.69, 9.17) is 4.74 Å². The molecule has 0 radical (unpaired) electrons. The molecule has 0 aliphatic carbocycles. The molecular formula is C49H29BN2O. The average molecular weight is 673 g/mol. The fraction of sp³-hybridized carbons (Fsp3) is 0. The van der Waals surface area contributed by atoms with Crippen molar-refractivity contribution in [3.63, 3.8) is 0 Å². The van der Waals surface area contributed by atoms with Crippen LogP contribution >= 0.6 is 0 Å². The quantitative estimate of drug-likeness (QED) is 0.175. The lowest BCUT2D eigenvalue weighted by molar-refractivity contribution is 0.487. The lowest BCUT2D eigenvalue weighted by Crippen LogP contribution is -2.58. The van der Waals surface area contributed by atoms with Gasteiger partial charge >= 0.3 is 0 Å². The van der Waals surface area contributed by atoms with E-state index in [9.17, 15) is 5.26 Å². The first kappa shape index (κ1) is 29.6. The molecule has 244 valence electrons. The fourth-order valence-electron chi connectivity index (χ4n) is 8.61. The number of nitrogens with zero attached hydrogens (tertiary/aromatic N) is 2. The number of rotatable bonds is 4. The smallest absolute Gasteiger partial charge is 0.256 e. The number of aromatic nitrogens is 1. The lowest BCUT2D eigenvalue weighted by atomic mass is 9.34. The summed E-state index contributed by atoms with van der Waals surface area (Å²) in [5, 5.41) is 12.0. The zero-order chi connectivity index (χ0) is 35.0. The molecule has 2 aliphatic heterocycles. The zero-order valence-corrected chi connectivity index (χ0v) is 28.6. The minimum atomic E-state index is -0.0565. The Morgan fingerprint density at radius 3 is 1.68 bits per heavy atom. The molecule has 11 rings (SSSR count). The van der Waals surface area contributed by atoms with Gasteiger partial charge in [0, 0.05) is 22.0 Å². The van der Waals surface area contributed by atoms with Crippen LogP contribution in [0.1, 0.15) is 5.56 Å². The van der Waals surface area contributed by atoms with Crippen LogP contribution in [-0.4, -0.2) is 11.3 Å². The van der Waals surface area contributed by atoms with Gasteiger partial charge in [0.05, 0.1) is 17.1 Å². The predicted octanol–water partition coefficient (Wildman–Crippen LogP) is 10.3. The molecule has 3 heterocycles. The normalized spacial score (nSPS) is 12.2. The summed E-state index contributed by atoms with van der Waals surface area (Å²) >= 11 is 0. The highest BCUT2D eigenvalue weighted by molar-refractivity contribution is 6.99. The molecular weight excluding hydrogens is 643 g/mol. The van der Waals surface area contributed by atoms with E-state index in [0.717, 1.165) is 33.8 Å². The molecule has 8 aromatic carbocycles. The highest BCUT2D eigenvalue weighted by atomic mass is 16.5. The van der Waals surface area contributed by atoms with Crippen LogP contribution in [0.5, 0.6) is 11.5 Å². The second-order valence-corrected chi connectivity index (χ2v) is 14.0. The van der Waals surface area contributed by atoms with Crippen molar-refractivity contribution in [3.8, 4) is 67.8 Å². The molecule has 1 aromatic heterocycles. The van der Waals surface area contributed by atoms with Crippen molar-refractivity contribution in [3.05, 3.63) is 181 Å². The van der Waals surface area contributed by atoms with E-state index in [1.54, 1.807) is 0 Å². The number of hydrogen-bond donors (Lipinski definition) is 0. The van der Waals surface area contributed by atoms with Gasteiger partial charge in [0.2, 0.25) is 0 Å². The van der Waals surface area contributed by atoms with Crippen molar-refractivity contribution >= 4 is 44.9 Å². The Bertz CT molecular complexity index is 2960. The molecule has 9 aromatic rings. The summed E-state index contributed by atoms with van der Waals surface area (Å²) in [7, 11) is 0. The molecule has 0 N–H and O–H groups in total. The minimum absolute atomic E-state index is 0.0565. The Labute approximate surface area is 307 Å². The minimum Gasteiger partial charge on any atom is -0.458 e. The van der Waals surface area contributed by atoms with Gasteiger partial charge in [-0.1, -0.05) is 127 Å². The first-order chi connectivity index (χ1) is 26.2. The summed E-state index contributed by atoms with van der Waals surface area (Å²) in [5.41, 5.74) is 17.0. The summed E-state index contributed by atoms with van der Waals surface area (Å²) in [6, 6.07) is 65.0.